The topological polar surface area (TPSA) is 61.4 Å². The second kappa shape index (κ2) is 7.49. The second-order valence-corrected chi connectivity index (χ2v) is 6.43. The Bertz CT molecular complexity index is 565. The average molecular weight is 315 g/mol. The molecule has 5 heteroatoms. The van der Waals surface area contributed by atoms with Gasteiger partial charge in [-0.05, 0) is 30.9 Å². The lowest BCUT2D eigenvalue weighted by atomic mass is 10.0. The standard InChI is InChI=1S/C18H25N3O2/c22-17-11-10-16(19-17)14-8-4-5-9-15(14)20-18(23)21-12-6-2-1-3-7-13-21/h4-5,8-9,16H,1-3,6-7,10-13H2,(H,19,22)(H,20,23). The summed E-state index contributed by atoms with van der Waals surface area (Å²) < 4.78 is 0. The lowest BCUT2D eigenvalue weighted by Gasteiger charge is -2.26. The van der Waals surface area contributed by atoms with Gasteiger partial charge in [0.15, 0.2) is 0 Å². The Morgan fingerprint density at radius 2 is 1.78 bits per heavy atom. The zero-order chi connectivity index (χ0) is 16.1. The van der Waals surface area contributed by atoms with Gasteiger partial charge in [0.05, 0.1) is 6.04 Å². The van der Waals surface area contributed by atoms with Crippen LogP contribution in [0.1, 0.15) is 56.6 Å². The van der Waals surface area contributed by atoms with Crippen LogP contribution in [-0.4, -0.2) is 29.9 Å². The number of likely N-dealkylation sites (tertiary alicyclic amines) is 1. The summed E-state index contributed by atoms with van der Waals surface area (Å²) in [7, 11) is 0. The molecule has 0 bridgehead atoms. The van der Waals surface area contributed by atoms with E-state index in [1.54, 1.807) is 0 Å². The van der Waals surface area contributed by atoms with E-state index in [-0.39, 0.29) is 18.0 Å². The van der Waals surface area contributed by atoms with E-state index in [4.69, 9.17) is 0 Å². The van der Waals surface area contributed by atoms with Crippen LogP contribution in [0.5, 0.6) is 0 Å². The van der Waals surface area contributed by atoms with Gasteiger partial charge in [0.25, 0.3) is 0 Å². The summed E-state index contributed by atoms with van der Waals surface area (Å²) in [5.41, 5.74) is 1.81. The van der Waals surface area contributed by atoms with Gasteiger partial charge >= 0.3 is 6.03 Å². The normalized spacial score (nSPS) is 22.2. The Morgan fingerprint density at radius 1 is 1.09 bits per heavy atom. The van der Waals surface area contributed by atoms with Crippen LogP contribution in [0.4, 0.5) is 10.5 Å². The van der Waals surface area contributed by atoms with Crippen molar-refractivity contribution in [2.24, 2.45) is 0 Å². The number of urea groups is 1. The molecule has 1 aromatic carbocycles. The van der Waals surface area contributed by atoms with Gasteiger partial charge in [-0.15, -0.1) is 0 Å². The van der Waals surface area contributed by atoms with Crippen molar-refractivity contribution in [2.45, 2.75) is 51.0 Å². The molecule has 2 heterocycles. The number of nitrogens with zero attached hydrogens (tertiary/aromatic N) is 1. The summed E-state index contributed by atoms with van der Waals surface area (Å²) in [5, 5.41) is 6.03. The van der Waals surface area contributed by atoms with E-state index in [1.807, 2.05) is 29.2 Å². The summed E-state index contributed by atoms with van der Waals surface area (Å²) in [6, 6.07) is 7.76. The molecule has 3 rings (SSSR count). The Morgan fingerprint density at radius 3 is 2.48 bits per heavy atom. The highest BCUT2D eigenvalue weighted by molar-refractivity contribution is 5.90. The molecule has 0 saturated carbocycles. The number of nitrogens with one attached hydrogen (secondary N) is 2. The highest BCUT2D eigenvalue weighted by atomic mass is 16.2. The fraction of sp³-hybridized carbons (Fsp3) is 0.556. The molecule has 1 aromatic rings. The van der Waals surface area contributed by atoms with Crippen molar-refractivity contribution in [1.29, 1.82) is 0 Å². The van der Waals surface area contributed by atoms with Gasteiger partial charge in [0, 0.05) is 25.2 Å². The fourth-order valence-corrected chi connectivity index (χ4v) is 3.41. The molecule has 2 fully saturated rings. The minimum atomic E-state index is -0.0244. The Kier molecular flexibility index (Phi) is 5.16. The van der Waals surface area contributed by atoms with E-state index < -0.39 is 0 Å². The molecule has 2 saturated heterocycles. The summed E-state index contributed by atoms with van der Waals surface area (Å²) in [4.78, 5) is 26.0. The van der Waals surface area contributed by atoms with Crippen LogP contribution in [0.3, 0.4) is 0 Å². The Balaban J connectivity index is 1.69. The average Bonchev–Trinajstić information content (AvgIpc) is 2.93. The molecule has 2 aliphatic rings. The van der Waals surface area contributed by atoms with Crippen molar-refractivity contribution in [1.82, 2.24) is 10.2 Å². The van der Waals surface area contributed by atoms with Crippen molar-refractivity contribution in [2.75, 3.05) is 18.4 Å². The minimum absolute atomic E-state index is 0.00586. The second-order valence-electron chi connectivity index (χ2n) is 6.43. The zero-order valence-corrected chi connectivity index (χ0v) is 13.5. The first-order valence-corrected chi connectivity index (χ1v) is 8.68. The van der Waals surface area contributed by atoms with E-state index in [0.29, 0.717) is 6.42 Å². The largest absolute Gasteiger partial charge is 0.349 e. The van der Waals surface area contributed by atoms with E-state index in [9.17, 15) is 9.59 Å². The van der Waals surface area contributed by atoms with Crippen molar-refractivity contribution >= 4 is 17.6 Å². The fourth-order valence-electron chi connectivity index (χ4n) is 3.41. The molecule has 2 N–H and O–H groups in total. The van der Waals surface area contributed by atoms with Crippen LogP contribution in [0.15, 0.2) is 24.3 Å². The lowest BCUT2D eigenvalue weighted by molar-refractivity contribution is -0.119. The third-order valence-electron chi connectivity index (χ3n) is 4.72. The maximum Gasteiger partial charge on any atom is 0.321 e. The predicted molar refractivity (Wildman–Crippen MR) is 90.2 cm³/mol. The van der Waals surface area contributed by atoms with Crippen molar-refractivity contribution in [3.8, 4) is 0 Å². The Labute approximate surface area is 137 Å². The Hall–Kier alpha value is -2.04. The smallest absolute Gasteiger partial charge is 0.321 e. The predicted octanol–water partition coefficient (Wildman–Crippen LogP) is 3.44. The van der Waals surface area contributed by atoms with Gasteiger partial charge in [0.2, 0.25) is 5.91 Å². The van der Waals surface area contributed by atoms with Crippen molar-refractivity contribution in [3.05, 3.63) is 29.8 Å². The van der Waals surface area contributed by atoms with Crippen molar-refractivity contribution < 1.29 is 9.59 Å². The molecular weight excluding hydrogens is 290 g/mol. The number of hydrogen-bond donors (Lipinski definition) is 2. The number of hydrogen-bond acceptors (Lipinski definition) is 2. The van der Waals surface area contributed by atoms with Gasteiger partial charge in [-0.3, -0.25) is 4.79 Å². The first-order chi connectivity index (χ1) is 11.2. The first-order valence-electron chi connectivity index (χ1n) is 8.68. The van der Waals surface area contributed by atoms with Crippen LogP contribution in [0.2, 0.25) is 0 Å². The maximum absolute atomic E-state index is 12.6. The highest BCUT2D eigenvalue weighted by Gasteiger charge is 2.25. The molecule has 0 aliphatic carbocycles. The van der Waals surface area contributed by atoms with Gasteiger partial charge in [-0.2, -0.15) is 0 Å². The van der Waals surface area contributed by atoms with E-state index in [0.717, 1.165) is 43.6 Å². The quantitative estimate of drug-likeness (QED) is 0.878. The van der Waals surface area contributed by atoms with Crippen LogP contribution in [0, 0.1) is 0 Å². The summed E-state index contributed by atoms with van der Waals surface area (Å²) in [6.45, 7) is 1.66. The van der Waals surface area contributed by atoms with Gasteiger partial charge < -0.3 is 15.5 Å². The van der Waals surface area contributed by atoms with Crippen molar-refractivity contribution in [3.63, 3.8) is 0 Å². The van der Waals surface area contributed by atoms with Gasteiger partial charge in [-0.1, -0.05) is 37.5 Å². The number of carbonyl (C=O) groups is 2. The number of carbonyl (C=O) groups excluding carboxylic acids is 2. The summed E-state index contributed by atoms with van der Waals surface area (Å²) in [6.07, 6.45) is 7.18. The van der Waals surface area contributed by atoms with E-state index >= 15 is 0 Å². The third kappa shape index (κ3) is 4.03. The molecule has 0 aromatic heterocycles. The highest BCUT2D eigenvalue weighted by Crippen LogP contribution is 2.29. The maximum atomic E-state index is 12.6. The molecule has 124 valence electrons. The molecule has 0 spiro atoms. The number of rotatable bonds is 2. The molecule has 23 heavy (non-hydrogen) atoms. The number of benzene rings is 1. The SMILES string of the molecule is O=C1CCC(c2ccccc2NC(=O)N2CCCCCCC2)N1. The van der Waals surface area contributed by atoms with E-state index in [2.05, 4.69) is 10.6 Å². The molecule has 2 aliphatic heterocycles. The molecule has 1 atom stereocenters. The molecule has 0 radical (unpaired) electrons. The van der Waals surface area contributed by atoms with Gasteiger partial charge in [0.1, 0.15) is 0 Å². The minimum Gasteiger partial charge on any atom is -0.349 e. The summed E-state index contributed by atoms with van der Waals surface area (Å²) >= 11 is 0. The van der Waals surface area contributed by atoms with Crippen LogP contribution >= 0.6 is 0 Å². The summed E-state index contributed by atoms with van der Waals surface area (Å²) in [5.74, 6) is 0.0832. The van der Waals surface area contributed by atoms with E-state index in [1.165, 1.54) is 19.3 Å². The van der Waals surface area contributed by atoms with Crippen LogP contribution in [0.25, 0.3) is 0 Å². The number of amides is 3. The number of para-hydroxylation sites is 1. The molecule has 5 nitrogen and oxygen atoms in total. The first kappa shape index (κ1) is 15.8. The lowest BCUT2D eigenvalue weighted by Crippen LogP contribution is -2.37. The monoisotopic (exact) mass is 315 g/mol. The number of anilines is 1. The van der Waals surface area contributed by atoms with Crippen LogP contribution in [-0.2, 0) is 4.79 Å². The zero-order valence-electron chi connectivity index (χ0n) is 13.5. The third-order valence-corrected chi connectivity index (χ3v) is 4.72. The van der Waals surface area contributed by atoms with Crippen LogP contribution < -0.4 is 10.6 Å². The molecule has 3 amide bonds. The van der Waals surface area contributed by atoms with Gasteiger partial charge in [-0.25, -0.2) is 4.79 Å². The molecular formula is C18H25N3O2. The molecule has 1 unspecified atom stereocenters.